The van der Waals surface area contributed by atoms with Gasteiger partial charge < -0.3 is 15.4 Å². The normalized spacial score (nSPS) is 12.3. The number of rotatable bonds is 4. The third kappa shape index (κ3) is 2.93. The molecule has 1 aromatic carbocycles. The summed E-state index contributed by atoms with van der Waals surface area (Å²) in [4.78, 5) is 25.6. The number of aryl methyl sites for hydroxylation is 1. The van der Waals surface area contributed by atoms with Crippen molar-refractivity contribution in [3.8, 4) is 0 Å². The molecule has 0 saturated carbocycles. The van der Waals surface area contributed by atoms with E-state index in [1.807, 2.05) is 25.1 Å². The number of hydrogen-bond acceptors (Lipinski definition) is 2. The summed E-state index contributed by atoms with van der Waals surface area (Å²) in [6.07, 6.45) is 0. The Morgan fingerprint density at radius 3 is 2.79 bits per heavy atom. The molecule has 0 spiro atoms. The van der Waals surface area contributed by atoms with E-state index in [2.05, 4.69) is 10.3 Å². The van der Waals surface area contributed by atoms with Crippen molar-refractivity contribution in [1.29, 1.82) is 0 Å². The van der Waals surface area contributed by atoms with Gasteiger partial charge in [0, 0.05) is 17.4 Å². The number of carbonyl (C=O) groups excluding carboxylic acids is 1. The predicted octanol–water partition coefficient (Wildman–Crippen LogP) is 1.93. The van der Waals surface area contributed by atoms with Crippen LogP contribution < -0.4 is 5.32 Å². The van der Waals surface area contributed by atoms with Gasteiger partial charge in [0.25, 0.3) is 5.91 Å². The van der Waals surface area contributed by atoms with Gasteiger partial charge in [-0.1, -0.05) is 19.1 Å². The summed E-state index contributed by atoms with van der Waals surface area (Å²) in [6, 6.07) is 7.64. The van der Waals surface area contributed by atoms with Crippen LogP contribution in [0.1, 0.15) is 23.0 Å². The maximum absolute atomic E-state index is 11.9. The molecule has 2 rings (SSSR count). The van der Waals surface area contributed by atoms with Crippen LogP contribution in [0.3, 0.4) is 0 Å². The minimum atomic E-state index is -0.924. The van der Waals surface area contributed by atoms with E-state index in [1.165, 1.54) is 0 Å². The van der Waals surface area contributed by atoms with Gasteiger partial charge >= 0.3 is 5.97 Å². The molecule has 1 aromatic heterocycles. The number of benzene rings is 1. The van der Waals surface area contributed by atoms with Crippen molar-refractivity contribution >= 4 is 22.8 Å². The lowest BCUT2D eigenvalue weighted by atomic mass is 10.2. The average Bonchev–Trinajstić information content (AvgIpc) is 2.78. The molecule has 0 radical (unpaired) electrons. The number of carboxylic acid groups (broad SMARTS) is 1. The van der Waals surface area contributed by atoms with Gasteiger partial charge in [0.05, 0.1) is 5.92 Å². The number of nitrogens with one attached hydrogen (secondary N) is 2. The van der Waals surface area contributed by atoms with E-state index < -0.39 is 11.9 Å². The minimum Gasteiger partial charge on any atom is -0.481 e. The van der Waals surface area contributed by atoms with Gasteiger partial charge in [0.1, 0.15) is 5.69 Å². The molecular weight excluding hydrogens is 244 g/mol. The number of fused-ring (bicyclic) bond motifs is 1. The molecule has 0 bridgehead atoms. The van der Waals surface area contributed by atoms with Gasteiger partial charge in [-0.25, -0.2) is 0 Å². The number of carboxylic acids is 1. The van der Waals surface area contributed by atoms with Crippen LogP contribution in [0, 0.1) is 12.8 Å². The SMILES string of the molecule is Cc1ccc2cc(C(=O)NCC(C)C(=O)O)[nH]c2c1. The predicted molar refractivity (Wildman–Crippen MR) is 72.2 cm³/mol. The minimum absolute atomic E-state index is 0.114. The van der Waals surface area contributed by atoms with Crippen LogP contribution in [0.25, 0.3) is 10.9 Å². The van der Waals surface area contributed by atoms with Crippen LogP contribution >= 0.6 is 0 Å². The third-order valence-corrected chi connectivity index (χ3v) is 3.01. The van der Waals surface area contributed by atoms with Crippen molar-refractivity contribution in [2.75, 3.05) is 6.54 Å². The molecule has 1 atom stereocenters. The van der Waals surface area contributed by atoms with E-state index in [0.717, 1.165) is 16.5 Å². The molecule has 1 unspecified atom stereocenters. The maximum Gasteiger partial charge on any atom is 0.308 e. The number of aromatic amines is 1. The highest BCUT2D eigenvalue weighted by Gasteiger charge is 2.14. The number of aliphatic carboxylic acids is 1. The van der Waals surface area contributed by atoms with Crippen molar-refractivity contribution in [3.05, 3.63) is 35.5 Å². The van der Waals surface area contributed by atoms with E-state index in [1.54, 1.807) is 13.0 Å². The Bertz CT molecular complexity index is 631. The molecule has 0 aliphatic heterocycles. The Kier molecular flexibility index (Phi) is 3.55. The van der Waals surface area contributed by atoms with Crippen molar-refractivity contribution in [2.45, 2.75) is 13.8 Å². The molecule has 0 fully saturated rings. The second kappa shape index (κ2) is 5.14. The fraction of sp³-hybridized carbons (Fsp3) is 0.286. The smallest absolute Gasteiger partial charge is 0.308 e. The second-order valence-electron chi connectivity index (χ2n) is 4.72. The monoisotopic (exact) mass is 260 g/mol. The molecule has 1 heterocycles. The molecule has 5 heteroatoms. The molecule has 0 aliphatic rings. The number of hydrogen-bond donors (Lipinski definition) is 3. The zero-order chi connectivity index (χ0) is 14.0. The first kappa shape index (κ1) is 13.1. The van der Waals surface area contributed by atoms with Gasteiger partial charge in [-0.05, 0) is 24.6 Å². The fourth-order valence-electron chi connectivity index (χ4n) is 1.79. The highest BCUT2D eigenvalue weighted by atomic mass is 16.4. The molecule has 0 saturated heterocycles. The van der Waals surface area contributed by atoms with Gasteiger partial charge in [-0.2, -0.15) is 0 Å². The molecule has 3 N–H and O–H groups in total. The molecule has 5 nitrogen and oxygen atoms in total. The number of amides is 1. The van der Waals surface area contributed by atoms with Crippen molar-refractivity contribution in [3.63, 3.8) is 0 Å². The van der Waals surface area contributed by atoms with E-state index in [9.17, 15) is 9.59 Å². The van der Waals surface area contributed by atoms with E-state index in [4.69, 9.17) is 5.11 Å². The summed E-state index contributed by atoms with van der Waals surface area (Å²) in [7, 11) is 0. The number of aromatic nitrogens is 1. The lowest BCUT2D eigenvalue weighted by Gasteiger charge is -2.06. The summed E-state index contributed by atoms with van der Waals surface area (Å²) in [5.74, 6) is -1.81. The molecule has 100 valence electrons. The van der Waals surface area contributed by atoms with Crippen molar-refractivity contribution in [1.82, 2.24) is 10.3 Å². The average molecular weight is 260 g/mol. The van der Waals surface area contributed by atoms with Crippen LogP contribution in [0.2, 0.25) is 0 Å². The molecule has 2 aromatic rings. The lowest BCUT2D eigenvalue weighted by molar-refractivity contribution is -0.140. The Morgan fingerprint density at radius 1 is 1.37 bits per heavy atom. The topological polar surface area (TPSA) is 82.2 Å². The Morgan fingerprint density at radius 2 is 2.11 bits per heavy atom. The Hall–Kier alpha value is -2.30. The number of carbonyl (C=O) groups is 2. The van der Waals surface area contributed by atoms with Crippen molar-refractivity contribution in [2.24, 2.45) is 5.92 Å². The molecule has 1 amide bonds. The summed E-state index contributed by atoms with van der Waals surface area (Å²) in [5.41, 5.74) is 2.45. The Balaban J connectivity index is 2.11. The van der Waals surface area contributed by atoms with E-state index in [-0.39, 0.29) is 12.5 Å². The zero-order valence-electron chi connectivity index (χ0n) is 10.9. The first-order valence-electron chi connectivity index (χ1n) is 6.08. The van der Waals surface area contributed by atoms with Crippen LogP contribution in [0.4, 0.5) is 0 Å². The van der Waals surface area contributed by atoms with Gasteiger partial charge in [0.15, 0.2) is 0 Å². The van der Waals surface area contributed by atoms with Gasteiger partial charge in [0.2, 0.25) is 0 Å². The summed E-state index contributed by atoms with van der Waals surface area (Å²) >= 11 is 0. The third-order valence-electron chi connectivity index (χ3n) is 3.01. The molecule has 19 heavy (non-hydrogen) atoms. The number of H-pyrrole nitrogens is 1. The van der Waals surface area contributed by atoms with E-state index in [0.29, 0.717) is 5.69 Å². The zero-order valence-corrected chi connectivity index (χ0v) is 10.9. The largest absolute Gasteiger partial charge is 0.481 e. The van der Waals surface area contributed by atoms with Crippen LogP contribution in [0.15, 0.2) is 24.3 Å². The maximum atomic E-state index is 11.9. The van der Waals surface area contributed by atoms with Gasteiger partial charge in [-0.15, -0.1) is 0 Å². The van der Waals surface area contributed by atoms with Crippen LogP contribution in [-0.2, 0) is 4.79 Å². The van der Waals surface area contributed by atoms with Crippen LogP contribution in [-0.4, -0.2) is 28.5 Å². The highest BCUT2D eigenvalue weighted by molar-refractivity contribution is 5.98. The Labute approximate surface area is 110 Å². The fourth-order valence-corrected chi connectivity index (χ4v) is 1.79. The highest BCUT2D eigenvalue weighted by Crippen LogP contribution is 2.16. The van der Waals surface area contributed by atoms with Crippen LogP contribution in [0.5, 0.6) is 0 Å². The molecule has 0 aliphatic carbocycles. The van der Waals surface area contributed by atoms with Crippen molar-refractivity contribution < 1.29 is 14.7 Å². The first-order chi connectivity index (χ1) is 8.97. The lowest BCUT2D eigenvalue weighted by Crippen LogP contribution is -2.31. The standard InChI is InChI=1S/C14H16N2O3/c1-8-3-4-10-6-12(16-11(10)5-8)13(17)15-7-9(2)14(18)19/h3-6,9,16H,7H2,1-2H3,(H,15,17)(H,18,19). The second-order valence-corrected chi connectivity index (χ2v) is 4.72. The van der Waals surface area contributed by atoms with E-state index >= 15 is 0 Å². The summed E-state index contributed by atoms with van der Waals surface area (Å²) in [6.45, 7) is 3.65. The first-order valence-corrected chi connectivity index (χ1v) is 6.08. The van der Waals surface area contributed by atoms with Gasteiger partial charge in [-0.3, -0.25) is 9.59 Å². The summed E-state index contributed by atoms with van der Waals surface area (Å²) < 4.78 is 0. The molecular formula is C14H16N2O3. The summed E-state index contributed by atoms with van der Waals surface area (Å²) in [5, 5.41) is 12.3. The quantitative estimate of drug-likeness (QED) is 0.785.